The second-order valence-electron chi connectivity index (χ2n) is 4.78. The van der Waals surface area contributed by atoms with Crippen molar-refractivity contribution in [3.05, 3.63) is 83.3 Å². The molecule has 0 amide bonds. The van der Waals surface area contributed by atoms with Gasteiger partial charge >= 0.3 is 0 Å². The molecule has 0 radical (unpaired) electrons. The molecule has 4 heteroatoms. The van der Waals surface area contributed by atoms with Gasteiger partial charge in [0.1, 0.15) is 6.61 Å². The summed E-state index contributed by atoms with van der Waals surface area (Å²) in [6, 6.07) is 17.9. The SMILES string of the molecule is Fc1cc(-c2ccc(Cl)cn2)ccc1OCc1ccccc1. The highest BCUT2D eigenvalue weighted by Crippen LogP contribution is 2.25. The molecule has 0 saturated heterocycles. The number of rotatable bonds is 4. The highest BCUT2D eigenvalue weighted by Gasteiger charge is 2.07. The summed E-state index contributed by atoms with van der Waals surface area (Å²) >= 11 is 5.80. The van der Waals surface area contributed by atoms with E-state index in [1.54, 1.807) is 24.3 Å². The monoisotopic (exact) mass is 313 g/mol. The van der Waals surface area contributed by atoms with Crippen molar-refractivity contribution < 1.29 is 9.13 Å². The highest BCUT2D eigenvalue weighted by atomic mass is 35.5. The largest absolute Gasteiger partial charge is 0.486 e. The Hall–Kier alpha value is -2.39. The zero-order valence-electron chi connectivity index (χ0n) is 11.7. The van der Waals surface area contributed by atoms with Gasteiger partial charge in [-0.15, -0.1) is 0 Å². The zero-order chi connectivity index (χ0) is 15.4. The Bertz CT molecular complexity index is 760. The standard InChI is InChI=1S/C18H13ClFNO/c19-15-7-8-17(21-11-15)14-6-9-18(16(20)10-14)22-12-13-4-2-1-3-5-13/h1-11H,12H2. The molecule has 0 unspecified atom stereocenters. The summed E-state index contributed by atoms with van der Waals surface area (Å²) in [6.45, 7) is 0.330. The Morgan fingerprint density at radius 3 is 2.50 bits per heavy atom. The molecular weight excluding hydrogens is 301 g/mol. The lowest BCUT2D eigenvalue weighted by atomic mass is 10.1. The Kier molecular flexibility index (Phi) is 4.35. The van der Waals surface area contributed by atoms with Crippen LogP contribution >= 0.6 is 11.6 Å². The van der Waals surface area contributed by atoms with Gasteiger partial charge in [-0.25, -0.2) is 4.39 Å². The third-order valence-corrected chi connectivity index (χ3v) is 3.42. The fourth-order valence-corrected chi connectivity index (χ4v) is 2.17. The molecule has 1 aromatic heterocycles. The van der Waals surface area contributed by atoms with Crippen molar-refractivity contribution in [3.63, 3.8) is 0 Å². The molecule has 0 N–H and O–H groups in total. The van der Waals surface area contributed by atoms with Gasteiger partial charge in [0.2, 0.25) is 0 Å². The lowest BCUT2D eigenvalue weighted by Crippen LogP contribution is -1.97. The van der Waals surface area contributed by atoms with Gasteiger partial charge in [0.25, 0.3) is 0 Å². The average Bonchev–Trinajstić information content (AvgIpc) is 2.55. The Balaban J connectivity index is 1.76. The van der Waals surface area contributed by atoms with Gasteiger partial charge in [0.15, 0.2) is 11.6 Å². The third-order valence-electron chi connectivity index (χ3n) is 3.19. The molecule has 0 aliphatic heterocycles. The molecule has 0 atom stereocenters. The topological polar surface area (TPSA) is 22.1 Å². The summed E-state index contributed by atoms with van der Waals surface area (Å²) in [5, 5.41) is 0.548. The maximum atomic E-state index is 14.1. The van der Waals surface area contributed by atoms with E-state index in [9.17, 15) is 4.39 Å². The van der Waals surface area contributed by atoms with Crippen molar-refractivity contribution in [3.8, 4) is 17.0 Å². The van der Waals surface area contributed by atoms with Crippen molar-refractivity contribution in [2.24, 2.45) is 0 Å². The van der Waals surface area contributed by atoms with Gasteiger partial charge in [-0.05, 0) is 35.9 Å². The molecule has 110 valence electrons. The molecule has 2 aromatic carbocycles. The van der Waals surface area contributed by atoms with Gasteiger partial charge in [0, 0.05) is 11.8 Å². The van der Waals surface area contributed by atoms with E-state index in [4.69, 9.17) is 16.3 Å². The van der Waals surface area contributed by atoms with Crippen molar-refractivity contribution in [2.75, 3.05) is 0 Å². The van der Waals surface area contributed by atoms with Crippen LogP contribution in [0.5, 0.6) is 5.75 Å². The Morgan fingerprint density at radius 2 is 1.82 bits per heavy atom. The lowest BCUT2D eigenvalue weighted by Gasteiger charge is -2.09. The van der Waals surface area contributed by atoms with Gasteiger partial charge in [0.05, 0.1) is 10.7 Å². The predicted molar refractivity (Wildman–Crippen MR) is 85.4 cm³/mol. The highest BCUT2D eigenvalue weighted by molar-refractivity contribution is 6.30. The van der Waals surface area contributed by atoms with E-state index in [2.05, 4.69) is 4.98 Å². The van der Waals surface area contributed by atoms with Crippen LogP contribution in [0.1, 0.15) is 5.56 Å². The maximum Gasteiger partial charge on any atom is 0.165 e. The van der Waals surface area contributed by atoms with Crippen molar-refractivity contribution in [1.29, 1.82) is 0 Å². The number of pyridine rings is 1. The first-order chi connectivity index (χ1) is 10.7. The fraction of sp³-hybridized carbons (Fsp3) is 0.0556. The van der Waals surface area contributed by atoms with Gasteiger partial charge in [-0.2, -0.15) is 0 Å². The maximum absolute atomic E-state index is 14.1. The second-order valence-corrected chi connectivity index (χ2v) is 5.22. The van der Waals surface area contributed by atoms with Crippen molar-refractivity contribution >= 4 is 11.6 Å². The average molecular weight is 314 g/mol. The van der Waals surface area contributed by atoms with E-state index in [1.807, 2.05) is 30.3 Å². The quantitative estimate of drug-likeness (QED) is 0.667. The van der Waals surface area contributed by atoms with Crippen LogP contribution < -0.4 is 4.74 Å². The van der Waals surface area contributed by atoms with Gasteiger partial charge in [-0.3, -0.25) is 4.98 Å². The number of nitrogens with zero attached hydrogens (tertiary/aromatic N) is 1. The van der Waals surface area contributed by atoms with Crippen LogP contribution in [0.25, 0.3) is 11.3 Å². The molecular formula is C18H13ClFNO. The second kappa shape index (κ2) is 6.58. The molecule has 0 aliphatic rings. The van der Waals surface area contributed by atoms with Crippen molar-refractivity contribution in [2.45, 2.75) is 6.61 Å². The summed E-state index contributed by atoms with van der Waals surface area (Å²) in [5.41, 5.74) is 2.34. The zero-order valence-corrected chi connectivity index (χ0v) is 12.4. The van der Waals surface area contributed by atoms with Gasteiger partial charge < -0.3 is 4.74 Å². The molecule has 3 aromatic rings. The number of hydrogen-bond donors (Lipinski definition) is 0. The molecule has 1 heterocycles. The molecule has 0 spiro atoms. The van der Waals surface area contributed by atoms with E-state index in [-0.39, 0.29) is 5.75 Å². The van der Waals surface area contributed by atoms with E-state index < -0.39 is 5.82 Å². The number of halogens is 2. The Morgan fingerprint density at radius 1 is 1.00 bits per heavy atom. The molecule has 0 fully saturated rings. The van der Waals surface area contributed by atoms with Crippen LogP contribution in [0.15, 0.2) is 66.9 Å². The molecule has 0 aliphatic carbocycles. The van der Waals surface area contributed by atoms with Crippen LogP contribution in [-0.4, -0.2) is 4.98 Å². The van der Waals surface area contributed by atoms with E-state index in [1.165, 1.54) is 12.3 Å². The molecule has 22 heavy (non-hydrogen) atoms. The summed E-state index contributed by atoms with van der Waals surface area (Å²) in [5.74, 6) is -0.188. The summed E-state index contributed by atoms with van der Waals surface area (Å²) < 4.78 is 19.7. The summed E-state index contributed by atoms with van der Waals surface area (Å²) in [6.07, 6.45) is 1.54. The fourth-order valence-electron chi connectivity index (χ4n) is 2.06. The first kappa shape index (κ1) is 14.5. The van der Waals surface area contributed by atoms with Crippen LogP contribution in [0.4, 0.5) is 4.39 Å². The van der Waals surface area contributed by atoms with Crippen LogP contribution in [0.3, 0.4) is 0 Å². The molecule has 0 bridgehead atoms. The molecule has 3 rings (SSSR count). The van der Waals surface area contributed by atoms with Crippen LogP contribution in [0, 0.1) is 5.82 Å². The van der Waals surface area contributed by atoms with Crippen LogP contribution in [0.2, 0.25) is 5.02 Å². The number of ether oxygens (including phenoxy) is 1. The number of benzene rings is 2. The minimum absolute atomic E-state index is 0.224. The first-order valence-corrected chi connectivity index (χ1v) is 7.18. The van der Waals surface area contributed by atoms with Crippen molar-refractivity contribution in [1.82, 2.24) is 4.98 Å². The van der Waals surface area contributed by atoms with Gasteiger partial charge in [-0.1, -0.05) is 41.9 Å². The Labute approximate surface area is 133 Å². The number of aromatic nitrogens is 1. The summed E-state index contributed by atoms with van der Waals surface area (Å²) in [7, 11) is 0. The first-order valence-electron chi connectivity index (χ1n) is 6.80. The smallest absolute Gasteiger partial charge is 0.165 e. The lowest BCUT2D eigenvalue weighted by molar-refractivity contribution is 0.290. The predicted octanol–water partition coefficient (Wildman–Crippen LogP) is 5.12. The molecule has 0 saturated carbocycles. The van der Waals surface area contributed by atoms with E-state index in [0.29, 0.717) is 22.9 Å². The van der Waals surface area contributed by atoms with Crippen LogP contribution in [-0.2, 0) is 6.61 Å². The van der Waals surface area contributed by atoms with E-state index >= 15 is 0 Å². The minimum atomic E-state index is -0.412. The summed E-state index contributed by atoms with van der Waals surface area (Å²) in [4.78, 5) is 4.17. The number of hydrogen-bond acceptors (Lipinski definition) is 2. The third kappa shape index (κ3) is 3.43. The minimum Gasteiger partial charge on any atom is -0.486 e. The normalized spacial score (nSPS) is 10.5. The van der Waals surface area contributed by atoms with E-state index in [0.717, 1.165) is 5.56 Å². The molecule has 2 nitrogen and oxygen atoms in total.